The number of hydrogen-bond donors (Lipinski definition) is 14. The number of likely N-dealkylation sites (tertiary alicyclic amines) is 1. The lowest BCUT2D eigenvalue weighted by molar-refractivity contribution is -0.160. The number of carbonyl (C=O) groups excluding carboxylic acids is 11. The molecule has 2 heterocycles. The van der Waals surface area contributed by atoms with E-state index in [4.69, 9.17) is 19.6 Å². The number of phenolic OH excluding ortho intramolecular Hbond substituents is 1. The maximum Gasteiger partial charge on any atom is 0.327 e. The van der Waals surface area contributed by atoms with Gasteiger partial charge in [0.05, 0.1) is 42.3 Å². The fourth-order valence-electron chi connectivity index (χ4n) is 12.9. The van der Waals surface area contributed by atoms with Gasteiger partial charge in [0.2, 0.25) is 23.6 Å². The molecule has 1 fully saturated rings. The van der Waals surface area contributed by atoms with E-state index < -0.39 is 157 Å². The number of carboxylic acid groups (broad SMARTS) is 5. The van der Waals surface area contributed by atoms with Crippen LogP contribution in [0.3, 0.4) is 0 Å². The Morgan fingerprint density at radius 1 is 0.650 bits per heavy atom. The number of phenols is 1. The van der Waals surface area contributed by atoms with E-state index in [9.17, 15) is 102 Å². The second-order valence-electron chi connectivity index (χ2n) is 29.6. The lowest BCUT2D eigenvalue weighted by Crippen LogP contribution is -2.50. The van der Waals surface area contributed by atoms with Gasteiger partial charge in [-0.1, -0.05) is 119 Å². The van der Waals surface area contributed by atoms with Crippen LogP contribution in [0, 0.1) is 29.6 Å². The maximum atomic E-state index is 15.0. The third-order valence-corrected chi connectivity index (χ3v) is 23.2. The third-order valence-electron chi connectivity index (χ3n) is 19.7. The number of hydrogen-bond acceptors (Lipinski definition) is 24. The maximum absolute atomic E-state index is 15.0. The summed E-state index contributed by atoms with van der Waals surface area (Å²) in [6.07, 6.45) is 2.25. The second kappa shape index (κ2) is 52.7. The second-order valence-corrected chi connectivity index (χ2v) is 33.1. The van der Waals surface area contributed by atoms with Crippen molar-refractivity contribution in [3.05, 3.63) is 81.3 Å². The minimum atomic E-state index is -1.74. The molecule has 648 valence electrons. The first-order chi connectivity index (χ1) is 55.5. The number of likely N-dealkylation sites (N-methyl/N-ethyl adjacent to an activating group) is 1. The average Bonchev–Trinajstić information content (AvgIpc) is 1.77. The van der Waals surface area contributed by atoms with Crippen LogP contribution >= 0.6 is 32.9 Å². The summed E-state index contributed by atoms with van der Waals surface area (Å²) in [6.45, 7) is 13.3. The number of amides is 9. The summed E-state index contributed by atoms with van der Waals surface area (Å²) in [5.41, 5.74) is 1.82. The Kier molecular flexibility index (Phi) is 44.8. The van der Waals surface area contributed by atoms with Crippen molar-refractivity contribution in [2.45, 2.75) is 219 Å². The van der Waals surface area contributed by atoms with E-state index in [1.807, 2.05) is 48.6 Å². The van der Waals surface area contributed by atoms with Gasteiger partial charge in [-0.05, 0) is 118 Å². The first-order valence-corrected chi connectivity index (χ1v) is 42.6. The molecule has 0 radical (unpaired) electrons. The largest absolute Gasteiger partial charge is 0.508 e. The molecule has 14 N–H and O–H groups in total. The Morgan fingerprint density at radius 2 is 1.31 bits per heavy atom. The number of nitrogens with one attached hydrogen (secondary N) is 8. The van der Waals surface area contributed by atoms with Gasteiger partial charge in [0.15, 0.2) is 18.3 Å². The monoisotopic (exact) mass is 1700 g/mol. The van der Waals surface area contributed by atoms with Crippen LogP contribution in [0.5, 0.6) is 5.75 Å². The predicted octanol–water partition coefficient (Wildman–Crippen LogP) is 6.42. The molecule has 1 aromatic heterocycles. The number of carboxylic acids is 5. The number of piperidine rings is 1. The zero-order valence-corrected chi connectivity index (χ0v) is 70.0. The number of esters is 2. The summed E-state index contributed by atoms with van der Waals surface area (Å²) in [7, 11) is 3.92. The Balaban J connectivity index is 1.26. The van der Waals surface area contributed by atoms with Gasteiger partial charge < -0.3 is 87.5 Å². The molecule has 0 saturated carbocycles. The van der Waals surface area contributed by atoms with Gasteiger partial charge in [-0.3, -0.25) is 62.4 Å². The number of aromatic nitrogens is 1. The van der Waals surface area contributed by atoms with E-state index in [-0.39, 0.29) is 143 Å². The number of rotatable bonds is 56. The Morgan fingerprint density at radius 3 is 1.94 bits per heavy atom. The van der Waals surface area contributed by atoms with Crippen molar-refractivity contribution in [2.75, 3.05) is 58.1 Å². The molecule has 0 bridgehead atoms. The third kappa shape index (κ3) is 37.9. The van der Waals surface area contributed by atoms with Crippen molar-refractivity contribution in [3.63, 3.8) is 0 Å². The van der Waals surface area contributed by atoms with E-state index in [0.29, 0.717) is 48.2 Å². The summed E-state index contributed by atoms with van der Waals surface area (Å²) in [4.78, 5) is 214. The van der Waals surface area contributed by atoms with Crippen LogP contribution in [0.4, 0.5) is 9.59 Å². The van der Waals surface area contributed by atoms with Gasteiger partial charge in [0.1, 0.15) is 36.7 Å². The highest BCUT2D eigenvalue weighted by atomic mass is 33.1. The smallest absolute Gasteiger partial charge is 0.327 e. The number of aliphatic carboxylic acids is 5. The Labute approximate surface area is 692 Å². The lowest BCUT2D eigenvalue weighted by Gasteiger charge is -2.39. The van der Waals surface area contributed by atoms with Gasteiger partial charge in [0.25, 0.3) is 5.91 Å². The Hall–Kier alpha value is -9.95. The number of Topliss-reactive ketones (excluding diaryl/α,β-unsaturated/α-hetero) is 2. The highest BCUT2D eigenvalue weighted by Gasteiger charge is 2.40. The molecule has 1 aliphatic heterocycles. The van der Waals surface area contributed by atoms with Crippen LogP contribution in [0.25, 0.3) is 0 Å². The first kappa shape index (κ1) is 99.4. The summed E-state index contributed by atoms with van der Waals surface area (Å²) < 4.78 is 11.0. The molecule has 117 heavy (non-hydrogen) atoms. The van der Waals surface area contributed by atoms with Gasteiger partial charge in [-0.15, -0.1) is 11.3 Å². The van der Waals surface area contributed by atoms with Gasteiger partial charge in [0, 0.05) is 92.0 Å². The van der Waals surface area contributed by atoms with Crippen molar-refractivity contribution in [2.24, 2.45) is 29.6 Å². The highest BCUT2D eigenvalue weighted by Crippen LogP contribution is 2.33. The summed E-state index contributed by atoms with van der Waals surface area (Å²) in [5, 5.41) is 79.9. The zero-order valence-electron chi connectivity index (χ0n) is 67.5. The number of thiazole rings is 1. The molecule has 1 aliphatic rings. The standard InChI is InChI=1S/C79H115N11O24S3/c1-9-16-69(101)114-45-90(75(106)56(47(5)10-2)39-64(93)61-18-12-14-30-89(61)8)62(46(3)4)34-49(7)74-87-59(43-115-74)73(105)84-54(35-50-24-26-55(91)27-25-50)33-48(6)71(103)82-42-70(102)113-31-32-116-117-44-60(77(109)110)86-72(104)53(38-67(97)98)37-63(92)58(40-68(99)100)85-65(94)36-51-20-22-52(23-21-51)41-83-78(111)80-28-13-11-17-57(76(107)108)88-79(112)81-29-15-19-66(95)96/h20-27,43,46-49,53-54,56-58,60-62,91H,9-19,28-42,44-45H2,1-8H3,(H,82,103)(H,84,105)(H,85,94)(H,86,104)(H,95,96)(H,97,98)(H,99,100)(H,107,108)(H,109,110)(H2,80,83,111)(H2,81,88,112)/t47?,48-,49+,53+,54+,56-,57-,58+,60-,61+,62+/m0/s1. The number of urea groups is 2. The predicted molar refractivity (Wildman–Crippen MR) is 433 cm³/mol. The molecule has 9 amide bonds. The van der Waals surface area contributed by atoms with Crippen molar-refractivity contribution >= 4 is 128 Å². The molecule has 35 nitrogen and oxygen atoms in total. The van der Waals surface area contributed by atoms with E-state index in [1.165, 1.54) is 35.6 Å². The van der Waals surface area contributed by atoms with E-state index in [0.717, 1.165) is 53.0 Å². The SMILES string of the molecule is CCCC(=O)OCN(C(=O)[C@@H](CC(=O)[C@H]1CCCCN1C)C(C)CC)[C@H](C[C@@H](C)c1nc(C(=O)N[C@@H](Cc2ccc(O)cc2)C[C@H](C)C(=O)NCC(=O)OCCSSC[C@H](NC(=O)[C@@H](CC(=O)O)CC(=O)[C@@H](CC(=O)O)NC(=O)Cc2ccc(CNC(=O)NCCCC[C@H](NC(=O)NCCCC(=O)O)C(=O)O)cc2)C(=O)O)cs1)C(C)C. The fourth-order valence-corrected chi connectivity index (χ4v) is 15.7. The van der Waals surface area contributed by atoms with Gasteiger partial charge >= 0.3 is 53.8 Å². The quantitative estimate of drug-likeness (QED) is 0.0125. The number of ketones is 2. The first-order valence-electron chi connectivity index (χ1n) is 39.3. The molecule has 1 saturated heterocycles. The molecule has 1 unspecified atom stereocenters. The van der Waals surface area contributed by atoms with E-state index in [2.05, 4.69) is 47.4 Å². The van der Waals surface area contributed by atoms with Crippen LogP contribution in [0.2, 0.25) is 0 Å². The minimum absolute atomic E-state index is 0.0158. The van der Waals surface area contributed by atoms with Crippen molar-refractivity contribution in [3.8, 4) is 5.75 Å². The van der Waals surface area contributed by atoms with Crippen LogP contribution in [-0.4, -0.2) is 235 Å². The van der Waals surface area contributed by atoms with Crippen molar-refractivity contribution in [1.82, 2.24) is 57.3 Å². The van der Waals surface area contributed by atoms with Gasteiger partial charge in [-0.2, -0.15) is 0 Å². The van der Waals surface area contributed by atoms with E-state index >= 15 is 0 Å². The average molecular weight is 1700 g/mol. The highest BCUT2D eigenvalue weighted by molar-refractivity contribution is 8.76. The number of benzene rings is 2. The zero-order chi connectivity index (χ0) is 86.8. The Bertz CT molecular complexity index is 3810. The summed E-state index contributed by atoms with van der Waals surface area (Å²) >= 11 is 1.26. The van der Waals surface area contributed by atoms with E-state index in [1.54, 1.807) is 41.5 Å². The van der Waals surface area contributed by atoms with Gasteiger partial charge in [-0.25, -0.2) is 24.2 Å². The molecular weight excluding hydrogens is 1580 g/mol. The van der Waals surface area contributed by atoms with Crippen molar-refractivity contribution in [1.29, 1.82) is 0 Å². The number of carbonyl (C=O) groups is 16. The number of aromatic hydroxyl groups is 1. The van der Waals surface area contributed by atoms with Crippen LogP contribution in [0.15, 0.2) is 53.9 Å². The lowest BCUT2D eigenvalue weighted by atomic mass is 9.82. The molecular formula is C79H115N11O24S3. The van der Waals surface area contributed by atoms with Crippen LogP contribution in [0.1, 0.15) is 196 Å². The molecule has 38 heteroatoms. The molecule has 0 spiro atoms. The number of nitrogens with zero attached hydrogens (tertiary/aromatic N) is 3. The molecule has 0 aliphatic carbocycles. The minimum Gasteiger partial charge on any atom is -0.508 e. The topological polar surface area (TPSA) is 529 Å². The fraction of sp³-hybridized carbons (Fsp3) is 0.608. The number of ether oxygens (including phenoxy) is 2. The molecule has 4 rings (SSSR count). The summed E-state index contributed by atoms with van der Waals surface area (Å²) in [5.74, 6) is -16.5. The summed E-state index contributed by atoms with van der Waals surface area (Å²) in [6, 6.07) is 5.21. The van der Waals surface area contributed by atoms with Crippen molar-refractivity contribution < 1.29 is 117 Å². The normalized spacial score (nSPS) is 15.3. The molecule has 11 atom stereocenters. The van der Waals surface area contributed by atoms with Crippen LogP contribution in [-0.2, 0) is 91.2 Å². The molecule has 2 aromatic carbocycles. The number of unbranched alkanes of at least 4 members (excludes halogenated alkanes) is 1. The van der Waals surface area contributed by atoms with Crippen LogP contribution < -0.4 is 42.5 Å². The molecule has 3 aromatic rings.